The maximum Gasteiger partial charge on any atom is 0.137 e. The molecule has 1 N–H and O–H groups in total. The third kappa shape index (κ3) is 3.88. The van der Waals surface area contributed by atoms with Crippen LogP contribution in [0.1, 0.15) is 25.0 Å². The van der Waals surface area contributed by atoms with Crippen LogP contribution in [-0.4, -0.2) is 19.9 Å². The first kappa shape index (κ1) is 17.2. The summed E-state index contributed by atoms with van der Waals surface area (Å²) in [5.41, 5.74) is 0.945. The molecule has 0 amide bonds. The van der Waals surface area contributed by atoms with Gasteiger partial charge in [-0.3, -0.25) is 0 Å². The Morgan fingerprint density at radius 2 is 1.88 bits per heavy atom. The highest BCUT2D eigenvalue weighted by atomic mass is 16.5. The molecule has 2 aromatic carbocycles. The molecule has 0 fully saturated rings. The van der Waals surface area contributed by atoms with Crippen LogP contribution in [0.5, 0.6) is 11.5 Å². The molecule has 0 aliphatic carbocycles. The molecule has 1 heterocycles. The lowest BCUT2D eigenvalue weighted by molar-refractivity contribution is -0.0295. The van der Waals surface area contributed by atoms with Crippen LogP contribution in [-0.2, 0) is 12.1 Å². The number of hydrogen-bond acceptors (Lipinski definition) is 4. The van der Waals surface area contributed by atoms with Gasteiger partial charge in [0.05, 0.1) is 6.54 Å². The predicted octanol–water partition coefficient (Wildman–Crippen LogP) is 3.92. The SMILES string of the molecule is Cc1cccc(Oc2ccc(C(O)(Cn3cncn3)C(C)C)cc2)c1. The summed E-state index contributed by atoms with van der Waals surface area (Å²) in [7, 11) is 0. The van der Waals surface area contributed by atoms with E-state index in [2.05, 4.69) is 10.1 Å². The van der Waals surface area contributed by atoms with E-state index in [1.54, 1.807) is 11.0 Å². The van der Waals surface area contributed by atoms with Gasteiger partial charge in [-0.1, -0.05) is 38.1 Å². The first-order valence-electron chi connectivity index (χ1n) is 8.37. The zero-order chi connectivity index (χ0) is 17.9. The number of aryl methyl sites for hydroxylation is 1. The Hall–Kier alpha value is -2.66. The van der Waals surface area contributed by atoms with Gasteiger partial charge in [-0.2, -0.15) is 5.10 Å². The van der Waals surface area contributed by atoms with Crippen LogP contribution in [0.4, 0.5) is 0 Å². The van der Waals surface area contributed by atoms with Gasteiger partial charge in [0.25, 0.3) is 0 Å². The van der Waals surface area contributed by atoms with E-state index >= 15 is 0 Å². The average molecular weight is 337 g/mol. The Bertz CT molecular complexity index is 813. The maximum atomic E-state index is 11.2. The number of aromatic nitrogens is 3. The van der Waals surface area contributed by atoms with Crippen LogP contribution < -0.4 is 4.74 Å². The number of benzene rings is 2. The molecular formula is C20H23N3O2. The summed E-state index contributed by atoms with van der Waals surface area (Å²) in [5, 5.41) is 15.3. The van der Waals surface area contributed by atoms with Gasteiger partial charge in [0, 0.05) is 0 Å². The van der Waals surface area contributed by atoms with Crippen molar-refractivity contribution in [3.63, 3.8) is 0 Å². The average Bonchev–Trinajstić information content (AvgIpc) is 3.08. The normalized spacial score (nSPS) is 13.6. The predicted molar refractivity (Wildman–Crippen MR) is 96.5 cm³/mol. The molecule has 0 bridgehead atoms. The molecule has 25 heavy (non-hydrogen) atoms. The largest absolute Gasteiger partial charge is 0.457 e. The van der Waals surface area contributed by atoms with Gasteiger partial charge in [-0.25, -0.2) is 9.67 Å². The molecule has 3 aromatic rings. The van der Waals surface area contributed by atoms with Gasteiger partial charge in [0.2, 0.25) is 0 Å². The second kappa shape index (κ2) is 7.07. The Kier molecular flexibility index (Phi) is 4.86. The molecule has 0 radical (unpaired) electrons. The van der Waals surface area contributed by atoms with Crippen LogP contribution in [0.3, 0.4) is 0 Å². The number of aliphatic hydroxyl groups is 1. The van der Waals surface area contributed by atoms with Crippen molar-refractivity contribution in [3.8, 4) is 11.5 Å². The highest BCUT2D eigenvalue weighted by molar-refractivity contribution is 5.36. The van der Waals surface area contributed by atoms with Crippen LogP contribution in [0.2, 0.25) is 0 Å². The number of hydrogen-bond donors (Lipinski definition) is 1. The minimum atomic E-state index is -1.03. The molecule has 130 valence electrons. The third-order valence-corrected chi connectivity index (χ3v) is 4.40. The highest BCUT2D eigenvalue weighted by Gasteiger charge is 2.34. The molecule has 5 heteroatoms. The molecule has 0 spiro atoms. The molecule has 0 saturated heterocycles. The molecular weight excluding hydrogens is 314 g/mol. The van der Waals surface area contributed by atoms with Crippen molar-refractivity contribution in [1.82, 2.24) is 14.8 Å². The lowest BCUT2D eigenvalue weighted by Gasteiger charge is -2.32. The fourth-order valence-corrected chi connectivity index (χ4v) is 2.80. The fourth-order valence-electron chi connectivity index (χ4n) is 2.80. The van der Waals surface area contributed by atoms with Crippen molar-refractivity contribution >= 4 is 0 Å². The maximum absolute atomic E-state index is 11.2. The molecule has 0 saturated carbocycles. The van der Waals surface area contributed by atoms with E-state index in [-0.39, 0.29) is 5.92 Å². The number of nitrogens with zero attached hydrogens (tertiary/aromatic N) is 3. The standard InChI is InChI=1S/C20H23N3O2/c1-15(2)20(24,12-23-14-21-13-22-23)17-7-9-18(10-8-17)25-19-6-4-5-16(3)11-19/h4-11,13-15,24H,12H2,1-3H3. The van der Waals surface area contributed by atoms with Crippen molar-refractivity contribution < 1.29 is 9.84 Å². The number of ether oxygens (including phenoxy) is 1. The summed E-state index contributed by atoms with van der Waals surface area (Å²) in [5.74, 6) is 1.55. The third-order valence-electron chi connectivity index (χ3n) is 4.40. The van der Waals surface area contributed by atoms with Gasteiger partial charge >= 0.3 is 0 Å². The molecule has 1 aromatic heterocycles. The summed E-state index contributed by atoms with van der Waals surface area (Å²) >= 11 is 0. The Labute approximate surface area is 147 Å². The number of rotatable bonds is 6. The van der Waals surface area contributed by atoms with Crippen molar-refractivity contribution in [2.75, 3.05) is 0 Å². The van der Waals surface area contributed by atoms with Gasteiger partial charge < -0.3 is 9.84 Å². The minimum Gasteiger partial charge on any atom is -0.457 e. The zero-order valence-corrected chi connectivity index (χ0v) is 14.8. The van der Waals surface area contributed by atoms with Crippen molar-refractivity contribution in [2.45, 2.75) is 32.9 Å². The van der Waals surface area contributed by atoms with Crippen LogP contribution in [0.15, 0.2) is 61.2 Å². The van der Waals surface area contributed by atoms with E-state index in [0.717, 1.165) is 22.6 Å². The van der Waals surface area contributed by atoms with Gasteiger partial charge in [-0.15, -0.1) is 0 Å². The lowest BCUT2D eigenvalue weighted by Crippen LogP contribution is -2.37. The summed E-state index contributed by atoms with van der Waals surface area (Å²) < 4.78 is 7.53. The molecule has 1 atom stereocenters. The Morgan fingerprint density at radius 1 is 1.12 bits per heavy atom. The van der Waals surface area contributed by atoms with Crippen LogP contribution in [0.25, 0.3) is 0 Å². The smallest absolute Gasteiger partial charge is 0.137 e. The summed E-state index contributed by atoms with van der Waals surface area (Å²) in [6.45, 7) is 6.37. The van der Waals surface area contributed by atoms with E-state index in [0.29, 0.717) is 6.54 Å². The fraction of sp³-hybridized carbons (Fsp3) is 0.300. The van der Waals surface area contributed by atoms with Crippen LogP contribution >= 0.6 is 0 Å². The molecule has 5 nitrogen and oxygen atoms in total. The second-order valence-corrected chi connectivity index (χ2v) is 6.61. The lowest BCUT2D eigenvalue weighted by atomic mass is 9.83. The van der Waals surface area contributed by atoms with Crippen LogP contribution in [0, 0.1) is 12.8 Å². The summed E-state index contributed by atoms with van der Waals surface area (Å²) in [4.78, 5) is 3.95. The van der Waals surface area contributed by atoms with E-state index in [4.69, 9.17) is 4.74 Å². The minimum absolute atomic E-state index is 0.0141. The first-order valence-corrected chi connectivity index (χ1v) is 8.37. The monoisotopic (exact) mass is 337 g/mol. The van der Waals surface area contributed by atoms with Gasteiger partial charge in [0.1, 0.15) is 29.8 Å². The van der Waals surface area contributed by atoms with E-state index in [1.165, 1.54) is 6.33 Å². The van der Waals surface area contributed by atoms with Crippen molar-refractivity contribution in [3.05, 3.63) is 72.3 Å². The molecule has 1 unspecified atom stereocenters. The summed E-state index contributed by atoms with van der Waals surface area (Å²) in [6.07, 6.45) is 3.09. The Morgan fingerprint density at radius 3 is 2.48 bits per heavy atom. The quantitative estimate of drug-likeness (QED) is 0.740. The zero-order valence-electron chi connectivity index (χ0n) is 14.8. The van der Waals surface area contributed by atoms with Crippen molar-refractivity contribution in [2.24, 2.45) is 5.92 Å². The molecule has 0 aliphatic heterocycles. The van der Waals surface area contributed by atoms with Crippen molar-refractivity contribution in [1.29, 1.82) is 0 Å². The topological polar surface area (TPSA) is 60.2 Å². The first-order chi connectivity index (χ1) is 12.0. The molecule has 3 rings (SSSR count). The van der Waals surface area contributed by atoms with Gasteiger partial charge in [0.15, 0.2) is 0 Å². The van der Waals surface area contributed by atoms with Gasteiger partial charge in [-0.05, 0) is 48.2 Å². The highest BCUT2D eigenvalue weighted by Crippen LogP contribution is 2.33. The van der Waals surface area contributed by atoms with E-state index in [1.807, 2.05) is 69.3 Å². The summed E-state index contributed by atoms with van der Waals surface area (Å²) in [6, 6.07) is 15.5. The molecule has 0 aliphatic rings. The van der Waals surface area contributed by atoms with E-state index < -0.39 is 5.60 Å². The van der Waals surface area contributed by atoms with E-state index in [9.17, 15) is 5.11 Å². The second-order valence-electron chi connectivity index (χ2n) is 6.61. The Balaban J connectivity index is 1.81.